The van der Waals surface area contributed by atoms with Crippen LogP contribution in [0.4, 0.5) is 0 Å². The van der Waals surface area contributed by atoms with E-state index in [1.165, 1.54) is 0 Å². The van der Waals surface area contributed by atoms with Crippen molar-refractivity contribution >= 4 is 11.6 Å². The molecule has 1 aliphatic rings. The first-order chi connectivity index (χ1) is 8.52. The molecule has 0 aromatic rings. The zero-order valence-corrected chi connectivity index (χ0v) is 12.8. The van der Waals surface area contributed by atoms with Gasteiger partial charge in [0.05, 0.1) is 24.7 Å². The van der Waals surface area contributed by atoms with Gasteiger partial charge in [0.25, 0.3) is 0 Å². The minimum atomic E-state index is 0.0461. The van der Waals surface area contributed by atoms with Gasteiger partial charge in [-0.25, -0.2) is 0 Å². The highest BCUT2D eigenvalue weighted by atomic mass is 35.5. The molecule has 1 heterocycles. The lowest BCUT2D eigenvalue weighted by atomic mass is 10.2. The van der Waals surface area contributed by atoms with E-state index < -0.39 is 0 Å². The number of nitrogens with zero attached hydrogens (tertiary/aromatic N) is 2. The van der Waals surface area contributed by atoms with Crippen LogP contribution in [0.2, 0.25) is 0 Å². The fraction of sp³-hybridized carbons (Fsp3) is 1.00. The van der Waals surface area contributed by atoms with Gasteiger partial charge in [-0.3, -0.25) is 4.90 Å². The van der Waals surface area contributed by atoms with E-state index in [1.54, 1.807) is 7.11 Å². The van der Waals surface area contributed by atoms with Crippen LogP contribution in [0.25, 0.3) is 0 Å². The maximum Gasteiger partial charge on any atom is 0.0829 e. The summed E-state index contributed by atoms with van der Waals surface area (Å²) in [6.45, 7) is 9.71. The lowest BCUT2D eigenvalue weighted by Gasteiger charge is -2.37. The van der Waals surface area contributed by atoms with Gasteiger partial charge in [0.1, 0.15) is 0 Å². The van der Waals surface area contributed by atoms with Gasteiger partial charge < -0.3 is 14.4 Å². The summed E-state index contributed by atoms with van der Waals surface area (Å²) in [5.74, 6) is 0. The topological polar surface area (TPSA) is 24.9 Å². The van der Waals surface area contributed by atoms with Crippen LogP contribution >= 0.6 is 11.6 Å². The van der Waals surface area contributed by atoms with Gasteiger partial charge in [0.2, 0.25) is 0 Å². The minimum Gasteiger partial charge on any atom is -0.383 e. The second-order valence-electron chi connectivity index (χ2n) is 5.36. The Labute approximate surface area is 116 Å². The molecule has 1 rings (SSSR count). The largest absolute Gasteiger partial charge is 0.383 e. The summed E-state index contributed by atoms with van der Waals surface area (Å²) in [6, 6.07) is 0.593. The molecule has 0 spiro atoms. The standard InChI is InChI=1S/C13H27ClN2O2/c1-11(2)16-5-6-18-13(9-16)8-15(3)7-12(14)10-17-4/h11-13H,5-10H2,1-4H3. The van der Waals surface area contributed by atoms with Crippen molar-refractivity contribution in [2.75, 3.05) is 53.6 Å². The first-order valence-electron chi connectivity index (χ1n) is 6.70. The zero-order valence-electron chi connectivity index (χ0n) is 12.1. The third kappa shape index (κ3) is 5.85. The van der Waals surface area contributed by atoms with Crippen LogP contribution < -0.4 is 0 Å². The molecule has 1 fully saturated rings. The molecule has 0 N–H and O–H groups in total. The lowest BCUT2D eigenvalue weighted by Crippen LogP contribution is -2.49. The fourth-order valence-corrected chi connectivity index (χ4v) is 2.68. The molecular formula is C13H27ClN2O2. The van der Waals surface area contributed by atoms with E-state index in [1.807, 2.05) is 0 Å². The number of hydrogen-bond acceptors (Lipinski definition) is 4. The van der Waals surface area contributed by atoms with Gasteiger partial charge in [-0.1, -0.05) is 0 Å². The van der Waals surface area contributed by atoms with E-state index in [9.17, 15) is 0 Å². The molecule has 1 aliphatic heterocycles. The van der Waals surface area contributed by atoms with Gasteiger partial charge in [-0.05, 0) is 20.9 Å². The molecule has 0 aromatic heterocycles. The number of hydrogen-bond donors (Lipinski definition) is 0. The van der Waals surface area contributed by atoms with Gasteiger partial charge in [0, 0.05) is 39.3 Å². The van der Waals surface area contributed by atoms with Crippen molar-refractivity contribution in [1.29, 1.82) is 0 Å². The molecule has 18 heavy (non-hydrogen) atoms. The Hall–Kier alpha value is 0.130. The molecular weight excluding hydrogens is 252 g/mol. The molecule has 2 atom stereocenters. The molecule has 0 aliphatic carbocycles. The van der Waals surface area contributed by atoms with Gasteiger partial charge in [-0.15, -0.1) is 11.6 Å². The molecule has 4 nitrogen and oxygen atoms in total. The van der Waals surface area contributed by atoms with E-state index in [0.717, 1.165) is 32.8 Å². The smallest absolute Gasteiger partial charge is 0.0829 e. The summed E-state index contributed by atoms with van der Waals surface area (Å²) in [4.78, 5) is 4.69. The highest BCUT2D eigenvalue weighted by Crippen LogP contribution is 2.10. The second kappa shape index (κ2) is 8.33. The lowest BCUT2D eigenvalue weighted by molar-refractivity contribution is -0.0497. The van der Waals surface area contributed by atoms with Crippen LogP contribution in [0.3, 0.4) is 0 Å². The van der Waals surface area contributed by atoms with Crippen LogP contribution in [0.1, 0.15) is 13.8 Å². The van der Waals surface area contributed by atoms with Crippen LogP contribution in [-0.4, -0.2) is 80.9 Å². The Balaban J connectivity index is 2.28. The van der Waals surface area contributed by atoms with E-state index in [4.69, 9.17) is 21.1 Å². The van der Waals surface area contributed by atoms with E-state index in [2.05, 4.69) is 30.7 Å². The third-order valence-electron chi connectivity index (χ3n) is 3.27. The SMILES string of the molecule is COCC(Cl)CN(C)CC1CN(C(C)C)CCO1. The summed E-state index contributed by atoms with van der Waals surface area (Å²) in [6.07, 6.45) is 0.289. The maximum atomic E-state index is 6.15. The van der Waals surface area contributed by atoms with Crippen LogP contribution in [0, 0.1) is 0 Å². The Bertz CT molecular complexity index is 229. The van der Waals surface area contributed by atoms with Crippen molar-refractivity contribution in [2.45, 2.75) is 31.4 Å². The van der Waals surface area contributed by atoms with Crippen LogP contribution in [0.15, 0.2) is 0 Å². The Morgan fingerprint density at radius 3 is 2.83 bits per heavy atom. The minimum absolute atomic E-state index is 0.0461. The molecule has 0 saturated carbocycles. The average molecular weight is 279 g/mol. The average Bonchev–Trinajstić information content (AvgIpc) is 2.29. The summed E-state index contributed by atoms with van der Waals surface area (Å²) >= 11 is 6.15. The summed E-state index contributed by atoms with van der Waals surface area (Å²) in [7, 11) is 3.77. The second-order valence-corrected chi connectivity index (χ2v) is 5.97. The number of morpholine rings is 1. The molecule has 0 amide bonds. The Kier molecular flexibility index (Phi) is 7.49. The Morgan fingerprint density at radius 2 is 2.22 bits per heavy atom. The molecule has 0 bridgehead atoms. The third-order valence-corrected chi connectivity index (χ3v) is 3.54. The summed E-state index contributed by atoms with van der Waals surface area (Å²) in [5.41, 5.74) is 0. The predicted octanol–water partition coefficient (Wildman–Crippen LogP) is 1.28. The van der Waals surface area contributed by atoms with Crippen molar-refractivity contribution in [3.05, 3.63) is 0 Å². The number of halogens is 1. The molecule has 5 heteroatoms. The van der Waals surface area contributed by atoms with Crippen molar-refractivity contribution in [1.82, 2.24) is 9.80 Å². The fourth-order valence-electron chi connectivity index (χ4n) is 2.32. The van der Waals surface area contributed by atoms with Crippen molar-refractivity contribution in [3.8, 4) is 0 Å². The molecule has 2 unspecified atom stereocenters. The van der Waals surface area contributed by atoms with Gasteiger partial charge >= 0.3 is 0 Å². The highest BCUT2D eigenvalue weighted by molar-refractivity contribution is 6.20. The zero-order chi connectivity index (χ0) is 13.5. The van der Waals surface area contributed by atoms with Crippen molar-refractivity contribution in [2.24, 2.45) is 0 Å². The molecule has 0 aromatic carbocycles. The maximum absolute atomic E-state index is 6.15. The van der Waals surface area contributed by atoms with E-state index >= 15 is 0 Å². The van der Waals surface area contributed by atoms with Crippen LogP contribution in [0.5, 0.6) is 0 Å². The van der Waals surface area contributed by atoms with Crippen molar-refractivity contribution in [3.63, 3.8) is 0 Å². The summed E-state index contributed by atoms with van der Waals surface area (Å²) < 4.78 is 10.9. The quantitative estimate of drug-likeness (QED) is 0.655. The first-order valence-corrected chi connectivity index (χ1v) is 7.13. The normalized spacial score (nSPS) is 23.8. The van der Waals surface area contributed by atoms with E-state index in [0.29, 0.717) is 12.6 Å². The van der Waals surface area contributed by atoms with Crippen LogP contribution in [-0.2, 0) is 9.47 Å². The molecule has 108 valence electrons. The van der Waals surface area contributed by atoms with Gasteiger partial charge in [0.15, 0.2) is 0 Å². The predicted molar refractivity (Wildman–Crippen MR) is 75.5 cm³/mol. The van der Waals surface area contributed by atoms with Crippen molar-refractivity contribution < 1.29 is 9.47 Å². The number of ether oxygens (including phenoxy) is 2. The Morgan fingerprint density at radius 1 is 1.50 bits per heavy atom. The number of rotatable bonds is 7. The number of likely N-dealkylation sites (N-methyl/N-ethyl adjacent to an activating group) is 1. The highest BCUT2D eigenvalue weighted by Gasteiger charge is 2.23. The number of alkyl halides is 1. The first kappa shape index (κ1) is 16.2. The molecule has 0 radical (unpaired) electrons. The molecule has 1 saturated heterocycles. The monoisotopic (exact) mass is 278 g/mol. The number of methoxy groups -OCH3 is 1. The van der Waals surface area contributed by atoms with E-state index in [-0.39, 0.29) is 11.5 Å². The summed E-state index contributed by atoms with van der Waals surface area (Å²) in [5, 5.41) is 0.0461. The van der Waals surface area contributed by atoms with Gasteiger partial charge in [-0.2, -0.15) is 0 Å².